The van der Waals surface area contributed by atoms with E-state index in [1.807, 2.05) is 42.2 Å². The Morgan fingerprint density at radius 3 is 2.55 bits per heavy atom. The molecule has 1 N–H and O–H groups in total. The van der Waals surface area contributed by atoms with Crippen molar-refractivity contribution in [2.45, 2.75) is 29.9 Å². The Morgan fingerprint density at radius 2 is 1.90 bits per heavy atom. The summed E-state index contributed by atoms with van der Waals surface area (Å²) in [5.41, 5.74) is 0. The molecule has 2 rings (SSSR count). The second kappa shape index (κ2) is 7.33. The molecule has 1 fully saturated rings. The third-order valence-electron chi connectivity index (χ3n) is 3.30. The molecule has 1 aromatic rings. The highest BCUT2D eigenvalue weighted by Gasteiger charge is 2.20. The molecule has 0 aromatic heterocycles. The molecular weight excluding hydrogens is 272 g/mol. The van der Waals surface area contributed by atoms with Gasteiger partial charge in [-0.1, -0.05) is 18.2 Å². The molecule has 0 saturated carbocycles. The Kier molecular flexibility index (Phi) is 5.47. The standard InChI is InChI=1S/C15H20N2O2S/c1-12(20-13-7-3-2-4-8-13)15(19)16-11-14(18)17-9-5-6-10-17/h2-4,7-8,12H,5-6,9-11H2,1H3,(H,16,19). The van der Waals surface area contributed by atoms with Crippen LogP contribution in [0.5, 0.6) is 0 Å². The van der Waals surface area contributed by atoms with Crippen molar-refractivity contribution >= 4 is 23.6 Å². The molecular formula is C15H20N2O2S. The summed E-state index contributed by atoms with van der Waals surface area (Å²) in [5.74, 6) is -0.0702. The quantitative estimate of drug-likeness (QED) is 0.843. The first kappa shape index (κ1) is 14.9. The zero-order valence-electron chi connectivity index (χ0n) is 11.7. The third-order valence-corrected chi connectivity index (χ3v) is 4.41. The lowest BCUT2D eigenvalue weighted by molar-refractivity contribution is -0.131. The number of hydrogen-bond donors (Lipinski definition) is 1. The fraction of sp³-hybridized carbons (Fsp3) is 0.467. The zero-order chi connectivity index (χ0) is 14.4. The molecule has 20 heavy (non-hydrogen) atoms. The minimum absolute atomic E-state index is 0.0211. The van der Waals surface area contributed by atoms with Crippen molar-refractivity contribution in [1.29, 1.82) is 0 Å². The van der Waals surface area contributed by atoms with E-state index >= 15 is 0 Å². The SMILES string of the molecule is CC(Sc1ccccc1)C(=O)NCC(=O)N1CCCC1. The van der Waals surface area contributed by atoms with Crippen LogP contribution in [0, 0.1) is 0 Å². The summed E-state index contributed by atoms with van der Waals surface area (Å²) in [6, 6.07) is 9.80. The summed E-state index contributed by atoms with van der Waals surface area (Å²) in [6.45, 7) is 3.61. The molecule has 1 saturated heterocycles. The van der Waals surface area contributed by atoms with Gasteiger partial charge < -0.3 is 10.2 Å². The van der Waals surface area contributed by atoms with Gasteiger partial charge in [0.25, 0.3) is 0 Å². The second-order valence-electron chi connectivity index (χ2n) is 4.88. The smallest absolute Gasteiger partial charge is 0.241 e. The lowest BCUT2D eigenvalue weighted by Gasteiger charge is -2.17. The normalized spacial score (nSPS) is 15.9. The first-order valence-electron chi connectivity index (χ1n) is 6.94. The van der Waals surface area contributed by atoms with E-state index in [0.29, 0.717) is 0 Å². The number of rotatable bonds is 5. The van der Waals surface area contributed by atoms with E-state index in [1.165, 1.54) is 11.8 Å². The first-order chi connectivity index (χ1) is 9.66. The largest absolute Gasteiger partial charge is 0.346 e. The Balaban J connectivity index is 1.75. The average Bonchev–Trinajstić information content (AvgIpc) is 2.99. The van der Waals surface area contributed by atoms with Crippen LogP contribution in [0.2, 0.25) is 0 Å². The fourth-order valence-electron chi connectivity index (χ4n) is 2.14. The number of benzene rings is 1. The van der Waals surface area contributed by atoms with Gasteiger partial charge in [-0.15, -0.1) is 11.8 Å². The first-order valence-corrected chi connectivity index (χ1v) is 7.82. The summed E-state index contributed by atoms with van der Waals surface area (Å²) >= 11 is 1.50. The highest BCUT2D eigenvalue weighted by atomic mass is 32.2. The number of carbonyl (C=O) groups is 2. The van der Waals surface area contributed by atoms with Gasteiger partial charge in [0, 0.05) is 18.0 Å². The van der Waals surface area contributed by atoms with Crippen LogP contribution >= 0.6 is 11.8 Å². The third kappa shape index (κ3) is 4.27. The number of carbonyl (C=O) groups excluding carboxylic acids is 2. The second-order valence-corrected chi connectivity index (χ2v) is 6.29. The van der Waals surface area contributed by atoms with Crippen LogP contribution < -0.4 is 5.32 Å². The van der Waals surface area contributed by atoms with Crippen molar-refractivity contribution in [2.24, 2.45) is 0 Å². The minimum atomic E-state index is -0.205. The van der Waals surface area contributed by atoms with Gasteiger partial charge >= 0.3 is 0 Å². The van der Waals surface area contributed by atoms with E-state index in [4.69, 9.17) is 0 Å². The fourth-order valence-corrected chi connectivity index (χ4v) is 3.05. The molecule has 0 bridgehead atoms. The number of hydrogen-bond acceptors (Lipinski definition) is 3. The van der Waals surface area contributed by atoms with Crippen LogP contribution in [0.4, 0.5) is 0 Å². The van der Waals surface area contributed by atoms with Crippen molar-refractivity contribution < 1.29 is 9.59 Å². The monoisotopic (exact) mass is 292 g/mol. The molecule has 4 nitrogen and oxygen atoms in total. The van der Waals surface area contributed by atoms with Crippen LogP contribution in [0.3, 0.4) is 0 Å². The van der Waals surface area contributed by atoms with E-state index in [1.54, 1.807) is 0 Å². The van der Waals surface area contributed by atoms with E-state index in [-0.39, 0.29) is 23.6 Å². The zero-order valence-corrected chi connectivity index (χ0v) is 12.5. The van der Waals surface area contributed by atoms with Crippen molar-refractivity contribution in [3.05, 3.63) is 30.3 Å². The van der Waals surface area contributed by atoms with Crippen LogP contribution in [0.15, 0.2) is 35.2 Å². The van der Waals surface area contributed by atoms with Gasteiger partial charge in [-0.3, -0.25) is 9.59 Å². The van der Waals surface area contributed by atoms with Crippen molar-refractivity contribution in [1.82, 2.24) is 10.2 Å². The maximum atomic E-state index is 12.0. The highest BCUT2D eigenvalue weighted by Crippen LogP contribution is 2.22. The molecule has 2 amide bonds. The van der Waals surface area contributed by atoms with Gasteiger partial charge in [-0.25, -0.2) is 0 Å². The minimum Gasteiger partial charge on any atom is -0.346 e. The molecule has 1 aliphatic heterocycles. The topological polar surface area (TPSA) is 49.4 Å². The van der Waals surface area contributed by atoms with Crippen LogP contribution in [-0.4, -0.2) is 41.6 Å². The highest BCUT2D eigenvalue weighted by molar-refractivity contribution is 8.00. The maximum absolute atomic E-state index is 12.0. The van der Waals surface area contributed by atoms with Crippen LogP contribution in [0.25, 0.3) is 0 Å². The average molecular weight is 292 g/mol. The summed E-state index contributed by atoms with van der Waals surface area (Å²) in [7, 11) is 0. The van der Waals surface area contributed by atoms with Gasteiger partial charge in [0.1, 0.15) is 0 Å². The Bertz CT molecular complexity index is 458. The summed E-state index contributed by atoms with van der Waals surface area (Å²) in [6.07, 6.45) is 2.14. The van der Waals surface area contributed by atoms with E-state index in [0.717, 1.165) is 30.8 Å². The van der Waals surface area contributed by atoms with E-state index in [9.17, 15) is 9.59 Å². The number of nitrogens with one attached hydrogen (secondary N) is 1. The summed E-state index contributed by atoms with van der Waals surface area (Å²) in [5, 5.41) is 2.52. The summed E-state index contributed by atoms with van der Waals surface area (Å²) < 4.78 is 0. The van der Waals surface area contributed by atoms with E-state index in [2.05, 4.69) is 5.32 Å². The number of thioether (sulfide) groups is 1. The van der Waals surface area contributed by atoms with Crippen molar-refractivity contribution in [3.63, 3.8) is 0 Å². The Hall–Kier alpha value is -1.49. The van der Waals surface area contributed by atoms with Crippen molar-refractivity contribution in [2.75, 3.05) is 19.6 Å². The molecule has 0 spiro atoms. The Labute approximate surface area is 123 Å². The van der Waals surface area contributed by atoms with Gasteiger partial charge in [-0.05, 0) is 31.9 Å². The van der Waals surface area contributed by atoms with Crippen molar-refractivity contribution in [3.8, 4) is 0 Å². The molecule has 0 aliphatic carbocycles. The Morgan fingerprint density at radius 1 is 1.25 bits per heavy atom. The number of likely N-dealkylation sites (tertiary alicyclic amines) is 1. The van der Waals surface area contributed by atoms with Gasteiger partial charge in [0.15, 0.2) is 0 Å². The van der Waals surface area contributed by atoms with Gasteiger partial charge in [0.2, 0.25) is 11.8 Å². The molecule has 1 aromatic carbocycles. The predicted octanol–water partition coefficient (Wildman–Crippen LogP) is 1.91. The molecule has 1 unspecified atom stereocenters. The molecule has 5 heteroatoms. The molecule has 108 valence electrons. The molecule has 1 atom stereocenters. The number of amides is 2. The predicted molar refractivity (Wildman–Crippen MR) is 80.6 cm³/mol. The summed E-state index contributed by atoms with van der Waals surface area (Å²) in [4.78, 5) is 26.7. The van der Waals surface area contributed by atoms with Crippen LogP contribution in [-0.2, 0) is 9.59 Å². The van der Waals surface area contributed by atoms with Gasteiger partial charge in [0.05, 0.1) is 11.8 Å². The lowest BCUT2D eigenvalue weighted by Crippen LogP contribution is -2.41. The lowest BCUT2D eigenvalue weighted by atomic mass is 10.4. The van der Waals surface area contributed by atoms with E-state index < -0.39 is 0 Å². The molecule has 0 radical (unpaired) electrons. The maximum Gasteiger partial charge on any atom is 0.241 e. The van der Waals surface area contributed by atoms with Crippen LogP contribution in [0.1, 0.15) is 19.8 Å². The molecule has 1 heterocycles. The molecule has 1 aliphatic rings. The number of nitrogens with zero attached hydrogens (tertiary/aromatic N) is 1. The van der Waals surface area contributed by atoms with Gasteiger partial charge in [-0.2, -0.15) is 0 Å².